The van der Waals surface area contributed by atoms with E-state index in [4.69, 9.17) is 16.2 Å². The minimum atomic E-state index is -0.943. The van der Waals surface area contributed by atoms with E-state index in [1.165, 1.54) is 0 Å². The second-order valence-electron chi connectivity index (χ2n) is 5.42. The molecule has 0 aliphatic heterocycles. The minimum absolute atomic E-state index is 0.471. The number of para-hydroxylation sites is 1. The minimum Gasteiger partial charge on any atom is -0.491 e. The van der Waals surface area contributed by atoms with Gasteiger partial charge >= 0.3 is 0 Å². The predicted octanol–water partition coefficient (Wildman–Crippen LogP) is 1.99. The van der Waals surface area contributed by atoms with Crippen molar-refractivity contribution in [3.63, 3.8) is 0 Å². The average molecular weight is 287 g/mol. The van der Waals surface area contributed by atoms with Crippen LogP contribution in [0.1, 0.15) is 26.2 Å². The van der Waals surface area contributed by atoms with E-state index in [1.54, 1.807) is 13.1 Å². The second kappa shape index (κ2) is 6.54. The lowest BCUT2D eigenvalue weighted by Gasteiger charge is -2.20. The summed E-state index contributed by atoms with van der Waals surface area (Å²) in [6.45, 7) is 2.22. The fourth-order valence-corrected chi connectivity index (χ4v) is 2.09. The third-order valence-corrected chi connectivity index (χ3v) is 3.51. The number of ether oxygens (including phenoxy) is 1. The Morgan fingerprint density at radius 3 is 2.81 bits per heavy atom. The number of nitrogens with two attached hydrogens (primary N) is 2. The number of aromatic nitrogens is 1. The number of carbonyl (C=O) groups is 1. The summed E-state index contributed by atoms with van der Waals surface area (Å²) in [4.78, 5) is 15.4. The Bertz CT molecular complexity index is 620. The lowest BCUT2D eigenvalue weighted by molar-refractivity contribution is -0.122. The van der Waals surface area contributed by atoms with Crippen molar-refractivity contribution in [3.8, 4) is 5.75 Å². The van der Waals surface area contributed by atoms with Crippen LogP contribution in [0.3, 0.4) is 0 Å². The summed E-state index contributed by atoms with van der Waals surface area (Å²) < 4.78 is 5.77. The first-order valence-electron chi connectivity index (χ1n) is 7.06. The first-order chi connectivity index (χ1) is 10.0. The van der Waals surface area contributed by atoms with Crippen molar-refractivity contribution in [2.75, 3.05) is 6.61 Å². The molecule has 5 nitrogen and oxygen atoms in total. The molecule has 1 heterocycles. The van der Waals surface area contributed by atoms with Crippen LogP contribution >= 0.6 is 0 Å². The molecule has 112 valence electrons. The molecule has 0 bridgehead atoms. The summed E-state index contributed by atoms with van der Waals surface area (Å²) in [5.74, 6) is 0.306. The summed E-state index contributed by atoms with van der Waals surface area (Å²) in [5, 5.41) is 1.05. The molecule has 0 aliphatic rings. The van der Waals surface area contributed by atoms with Crippen LogP contribution in [0.2, 0.25) is 0 Å². The molecule has 2 rings (SSSR count). The highest BCUT2D eigenvalue weighted by molar-refractivity contribution is 5.84. The van der Waals surface area contributed by atoms with Crippen molar-refractivity contribution < 1.29 is 9.53 Å². The van der Waals surface area contributed by atoms with Crippen molar-refractivity contribution in [2.24, 2.45) is 11.5 Å². The molecule has 0 radical (unpaired) electrons. The Morgan fingerprint density at radius 2 is 2.05 bits per heavy atom. The molecular formula is C16H21N3O2. The van der Waals surface area contributed by atoms with Crippen LogP contribution in [0.5, 0.6) is 5.75 Å². The van der Waals surface area contributed by atoms with E-state index >= 15 is 0 Å². The van der Waals surface area contributed by atoms with E-state index in [0.717, 1.165) is 29.5 Å². The van der Waals surface area contributed by atoms with Crippen molar-refractivity contribution in [2.45, 2.75) is 31.7 Å². The molecule has 4 N–H and O–H groups in total. The normalized spacial score (nSPS) is 13.8. The molecule has 2 aromatic rings. The highest BCUT2D eigenvalue weighted by Crippen LogP contribution is 2.23. The summed E-state index contributed by atoms with van der Waals surface area (Å²) in [7, 11) is 0. The van der Waals surface area contributed by atoms with Crippen LogP contribution in [0.25, 0.3) is 10.9 Å². The van der Waals surface area contributed by atoms with Gasteiger partial charge in [-0.05, 0) is 38.3 Å². The van der Waals surface area contributed by atoms with Gasteiger partial charge in [0.25, 0.3) is 0 Å². The van der Waals surface area contributed by atoms with Crippen molar-refractivity contribution in [3.05, 3.63) is 36.5 Å². The molecule has 0 fully saturated rings. The van der Waals surface area contributed by atoms with Gasteiger partial charge < -0.3 is 16.2 Å². The number of unbranched alkanes of at least 4 members (excludes halogenated alkanes) is 1. The van der Waals surface area contributed by atoms with Gasteiger partial charge in [0.15, 0.2) is 0 Å². The lowest BCUT2D eigenvalue weighted by Crippen LogP contribution is -2.49. The van der Waals surface area contributed by atoms with Gasteiger partial charge in [-0.2, -0.15) is 0 Å². The van der Waals surface area contributed by atoms with Gasteiger partial charge in [0.05, 0.1) is 12.1 Å². The molecule has 0 saturated heterocycles. The molecular weight excluding hydrogens is 266 g/mol. The Kier molecular flexibility index (Phi) is 4.75. The van der Waals surface area contributed by atoms with Crippen LogP contribution in [-0.2, 0) is 4.79 Å². The third-order valence-electron chi connectivity index (χ3n) is 3.51. The maximum Gasteiger partial charge on any atom is 0.237 e. The summed E-state index contributed by atoms with van der Waals surface area (Å²) >= 11 is 0. The zero-order valence-electron chi connectivity index (χ0n) is 12.2. The molecule has 21 heavy (non-hydrogen) atoms. The quantitative estimate of drug-likeness (QED) is 0.762. The fourth-order valence-electron chi connectivity index (χ4n) is 2.09. The average Bonchev–Trinajstić information content (AvgIpc) is 2.47. The smallest absolute Gasteiger partial charge is 0.237 e. The summed E-state index contributed by atoms with van der Waals surface area (Å²) in [5.41, 5.74) is 11.0. The molecule has 0 spiro atoms. The molecule has 1 aromatic heterocycles. The van der Waals surface area contributed by atoms with E-state index in [0.29, 0.717) is 13.0 Å². The Labute approximate surface area is 124 Å². The molecule has 0 saturated carbocycles. The number of nitrogens with zero attached hydrogens (tertiary/aromatic N) is 1. The maximum atomic E-state index is 11.1. The van der Waals surface area contributed by atoms with Gasteiger partial charge in [-0.3, -0.25) is 9.78 Å². The van der Waals surface area contributed by atoms with E-state index in [9.17, 15) is 4.79 Å². The van der Waals surface area contributed by atoms with Gasteiger partial charge in [0.2, 0.25) is 5.91 Å². The zero-order chi connectivity index (χ0) is 15.3. The standard InChI is InChI=1S/C16H21N3O2/c1-16(18,15(17)20)9-2-3-11-21-13-8-4-6-12-7-5-10-19-14(12)13/h4-8,10H,2-3,9,11,18H2,1H3,(H2,17,20). The number of hydrogen-bond acceptors (Lipinski definition) is 4. The lowest BCUT2D eigenvalue weighted by atomic mass is 9.96. The number of hydrogen-bond donors (Lipinski definition) is 2. The van der Waals surface area contributed by atoms with Gasteiger partial charge in [0, 0.05) is 11.6 Å². The molecule has 0 aliphatic carbocycles. The van der Waals surface area contributed by atoms with Gasteiger partial charge in [0.1, 0.15) is 11.3 Å². The first kappa shape index (κ1) is 15.3. The van der Waals surface area contributed by atoms with Crippen LogP contribution < -0.4 is 16.2 Å². The fraction of sp³-hybridized carbons (Fsp3) is 0.375. The van der Waals surface area contributed by atoms with E-state index in [2.05, 4.69) is 4.98 Å². The third kappa shape index (κ3) is 3.92. The van der Waals surface area contributed by atoms with Gasteiger partial charge in [-0.25, -0.2) is 0 Å². The van der Waals surface area contributed by atoms with Crippen molar-refractivity contribution >= 4 is 16.8 Å². The number of benzene rings is 1. The Morgan fingerprint density at radius 1 is 1.29 bits per heavy atom. The molecule has 5 heteroatoms. The maximum absolute atomic E-state index is 11.1. The predicted molar refractivity (Wildman–Crippen MR) is 82.9 cm³/mol. The topological polar surface area (TPSA) is 91.2 Å². The van der Waals surface area contributed by atoms with Crippen LogP contribution in [0.15, 0.2) is 36.5 Å². The van der Waals surface area contributed by atoms with Crippen molar-refractivity contribution in [1.29, 1.82) is 0 Å². The van der Waals surface area contributed by atoms with E-state index in [1.807, 2.05) is 30.3 Å². The van der Waals surface area contributed by atoms with Crippen LogP contribution in [0, 0.1) is 0 Å². The number of pyridine rings is 1. The number of amides is 1. The number of carbonyl (C=O) groups excluding carboxylic acids is 1. The SMILES string of the molecule is CC(N)(CCCCOc1cccc2cccnc12)C(N)=O. The highest BCUT2D eigenvalue weighted by Gasteiger charge is 2.24. The monoisotopic (exact) mass is 287 g/mol. The number of primary amides is 1. The zero-order valence-corrected chi connectivity index (χ0v) is 12.2. The van der Waals surface area contributed by atoms with Crippen LogP contribution in [-0.4, -0.2) is 23.0 Å². The number of rotatable bonds is 7. The van der Waals surface area contributed by atoms with E-state index < -0.39 is 11.4 Å². The molecule has 1 atom stereocenters. The Balaban J connectivity index is 1.85. The van der Waals surface area contributed by atoms with Crippen molar-refractivity contribution in [1.82, 2.24) is 4.98 Å². The second-order valence-corrected chi connectivity index (χ2v) is 5.42. The highest BCUT2D eigenvalue weighted by atomic mass is 16.5. The molecule has 1 aromatic carbocycles. The first-order valence-corrected chi connectivity index (χ1v) is 7.06. The summed E-state index contributed by atoms with van der Waals surface area (Å²) in [6, 6.07) is 9.76. The number of fused-ring (bicyclic) bond motifs is 1. The van der Waals surface area contributed by atoms with E-state index in [-0.39, 0.29) is 0 Å². The van der Waals surface area contributed by atoms with Gasteiger partial charge in [-0.15, -0.1) is 0 Å². The largest absolute Gasteiger partial charge is 0.491 e. The Hall–Kier alpha value is -2.14. The van der Waals surface area contributed by atoms with Crippen LogP contribution in [0.4, 0.5) is 0 Å². The molecule has 1 amide bonds. The summed E-state index contributed by atoms with van der Waals surface area (Å²) in [6.07, 6.45) is 3.90. The molecule has 1 unspecified atom stereocenters. The van der Waals surface area contributed by atoms with Gasteiger partial charge in [-0.1, -0.05) is 18.2 Å².